The highest BCUT2D eigenvalue weighted by atomic mass is 35.5. The molecule has 3 rings (SSSR count). The standard InChI is InChI=1S/C19H17Cl2N3O2/c1-24(11-18(25)23-13-6-7-15(20)16(21)9-13)19(26)8-12-10-22-17-5-3-2-4-14(12)17/h2-7,9-10,22H,8,11H2,1H3,(H,23,25). The summed E-state index contributed by atoms with van der Waals surface area (Å²) in [5.74, 6) is -0.447. The van der Waals surface area contributed by atoms with E-state index in [9.17, 15) is 9.59 Å². The highest BCUT2D eigenvalue weighted by Crippen LogP contribution is 2.25. The Hall–Kier alpha value is -2.50. The molecule has 7 heteroatoms. The van der Waals surface area contributed by atoms with Crippen LogP contribution >= 0.6 is 23.2 Å². The molecule has 1 heterocycles. The van der Waals surface area contributed by atoms with Gasteiger partial charge in [-0.25, -0.2) is 0 Å². The Balaban J connectivity index is 1.59. The van der Waals surface area contributed by atoms with E-state index in [-0.39, 0.29) is 24.8 Å². The van der Waals surface area contributed by atoms with E-state index in [2.05, 4.69) is 10.3 Å². The molecule has 0 saturated heterocycles. The number of amides is 2. The van der Waals surface area contributed by atoms with E-state index in [1.165, 1.54) is 4.90 Å². The number of para-hydroxylation sites is 1. The number of nitrogens with one attached hydrogen (secondary N) is 2. The van der Waals surface area contributed by atoms with Crippen LogP contribution in [-0.2, 0) is 16.0 Å². The first-order valence-corrected chi connectivity index (χ1v) is 8.73. The summed E-state index contributed by atoms with van der Waals surface area (Å²) in [5.41, 5.74) is 2.42. The Bertz CT molecular complexity index is 968. The molecule has 1 aromatic heterocycles. The third-order valence-corrected chi connectivity index (χ3v) is 4.77. The number of halogens is 2. The average molecular weight is 390 g/mol. The fourth-order valence-corrected chi connectivity index (χ4v) is 2.95. The topological polar surface area (TPSA) is 65.2 Å². The van der Waals surface area contributed by atoms with E-state index < -0.39 is 0 Å². The van der Waals surface area contributed by atoms with Crippen molar-refractivity contribution in [3.8, 4) is 0 Å². The van der Waals surface area contributed by atoms with Gasteiger partial charge in [-0.1, -0.05) is 41.4 Å². The molecule has 2 amide bonds. The first-order valence-electron chi connectivity index (χ1n) is 7.98. The summed E-state index contributed by atoms with van der Waals surface area (Å²) in [5, 5.41) is 4.48. The van der Waals surface area contributed by atoms with E-state index >= 15 is 0 Å². The largest absolute Gasteiger partial charge is 0.361 e. The number of carbonyl (C=O) groups excluding carboxylic acids is 2. The normalized spacial score (nSPS) is 10.7. The molecule has 0 aliphatic rings. The molecule has 3 aromatic rings. The van der Waals surface area contributed by atoms with E-state index in [0.29, 0.717) is 15.7 Å². The third kappa shape index (κ3) is 4.18. The van der Waals surface area contributed by atoms with Crippen LogP contribution in [-0.4, -0.2) is 35.3 Å². The first-order chi connectivity index (χ1) is 12.4. The molecule has 0 bridgehead atoms. The fourth-order valence-electron chi connectivity index (χ4n) is 2.65. The minimum absolute atomic E-state index is 0.0541. The molecule has 0 aliphatic carbocycles. The number of aromatic nitrogens is 1. The Morgan fingerprint density at radius 2 is 1.88 bits per heavy atom. The molecule has 0 atom stereocenters. The first kappa shape index (κ1) is 18.3. The zero-order valence-corrected chi connectivity index (χ0v) is 15.6. The number of benzene rings is 2. The number of carbonyl (C=O) groups is 2. The van der Waals surface area contributed by atoms with Gasteiger partial charge in [0.05, 0.1) is 23.0 Å². The second kappa shape index (κ2) is 7.81. The minimum atomic E-state index is -0.307. The van der Waals surface area contributed by atoms with Crippen LogP contribution in [0.15, 0.2) is 48.7 Å². The minimum Gasteiger partial charge on any atom is -0.361 e. The number of hydrogen-bond donors (Lipinski definition) is 2. The molecular formula is C19H17Cl2N3O2. The van der Waals surface area contributed by atoms with Gasteiger partial charge in [-0.2, -0.15) is 0 Å². The van der Waals surface area contributed by atoms with E-state index in [0.717, 1.165) is 16.5 Å². The molecule has 0 unspecified atom stereocenters. The molecule has 5 nitrogen and oxygen atoms in total. The molecule has 26 heavy (non-hydrogen) atoms. The summed E-state index contributed by atoms with van der Waals surface area (Å²) in [6.07, 6.45) is 2.05. The van der Waals surface area contributed by atoms with Gasteiger partial charge in [-0.15, -0.1) is 0 Å². The zero-order valence-electron chi connectivity index (χ0n) is 14.1. The lowest BCUT2D eigenvalue weighted by atomic mass is 10.1. The van der Waals surface area contributed by atoms with Crippen molar-refractivity contribution in [3.63, 3.8) is 0 Å². The second-order valence-corrected chi connectivity index (χ2v) is 6.78. The van der Waals surface area contributed by atoms with Crippen molar-refractivity contribution >= 4 is 51.6 Å². The number of aromatic amines is 1. The van der Waals surface area contributed by atoms with Crippen LogP contribution in [0.5, 0.6) is 0 Å². The second-order valence-electron chi connectivity index (χ2n) is 5.96. The van der Waals surface area contributed by atoms with Crippen LogP contribution < -0.4 is 5.32 Å². The molecule has 2 N–H and O–H groups in total. The average Bonchev–Trinajstić information content (AvgIpc) is 3.01. The molecule has 0 fully saturated rings. The molecular weight excluding hydrogens is 373 g/mol. The van der Waals surface area contributed by atoms with Crippen LogP contribution in [0.1, 0.15) is 5.56 Å². The van der Waals surface area contributed by atoms with Crippen molar-refractivity contribution in [1.82, 2.24) is 9.88 Å². The van der Waals surface area contributed by atoms with Crippen molar-refractivity contribution in [2.45, 2.75) is 6.42 Å². The zero-order chi connectivity index (χ0) is 18.7. The van der Waals surface area contributed by atoms with Crippen molar-refractivity contribution in [2.75, 3.05) is 18.9 Å². The summed E-state index contributed by atoms with van der Waals surface area (Å²) in [4.78, 5) is 29.1. The lowest BCUT2D eigenvalue weighted by Gasteiger charge is -2.17. The van der Waals surface area contributed by atoms with Crippen LogP contribution in [0, 0.1) is 0 Å². The number of anilines is 1. The number of nitrogens with zero attached hydrogens (tertiary/aromatic N) is 1. The molecule has 2 aromatic carbocycles. The van der Waals surface area contributed by atoms with Crippen LogP contribution in [0.4, 0.5) is 5.69 Å². The fraction of sp³-hybridized carbons (Fsp3) is 0.158. The van der Waals surface area contributed by atoms with E-state index in [1.54, 1.807) is 25.2 Å². The summed E-state index contributed by atoms with van der Waals surface area (Å²) in [6.45, 7) is -0.0541. The Kier molecular flexibility index (Phi) is 5.49. The summed E-state index contributed by atoms with van der Waals surface area (Å²) < 4.78 is 0. The number of H-pyrrole nitrogens is 1. The van der Waals surface area contributed by atoms with Crippen LogP contribution in [0.3, 0.4) is 0 Å². The summed E-state index contributed by atoms with van der Waals surface area (Å²) >= 11 is 11.8. The predicted octanol–water partition coefficient (Wildman–Crippen LogP) is 4.11. The quantitative estimate of drug-likeness (QED) is 0.689. The van der Waals surface area contributed by atoms with Crippen molar-refractivity contribution in [3.05, 3.63) is 64.3 Å². The molecule has 134 valence electrons. The SMILES string of the molecule is CN(CC(=O)Nc1ccc(Cl)c(Cl)c1)C(=O)Cc1c[nH]c2ccccc12. The van der Waals surface area contributed by atoms with Gasteiger partial charge in [0.15, 0.2) is 0 Å². The predicted molar refractivity (Wildman–Crippen MR) is 105 cm³/mol. The van der Waals surface area contributed by atoms with E-state index in [1.807, 2.05) is 30.5 Å². The van der Waals surface area contributed by atoms with Crippen LogP contribution in [0.25, 0.3) is 10.9 Å². The van der Waals surface area contributed by atoms with Crippen molar-refractivity contribution in [1.29, 1.82) is 0 Å². The number of hydrogen-bond acceptors (Lipinski definition) is 2. The number of rotatable bonds is 5. The van der Waals surface area contributed by atoms with Gasteiger partial charge in [-0.05, 0) is 29.8 Å². The lowest BCUT2D eigenvalue weighted by Crippen LogP contribution is -2.35. The maximum Gasteiger partial charge on any atom is 0.243 e. The van der Waals surface area contributed by atoms with Gasteiger partial charge in [0, 0.05) is 29.8 Å². The summed E-state index contributed by atoms with van der Waals surface area (Å²) in [6, 6.07) is 12.6. The highest BCUT2D eigenvalue weighted by Gasteiger charge is 2.16. The Morgan fingerprint density at radius 1 is 1.12 bits per heavy atom. The third-order valence-electron chi connectivity index (χ3n) is 4.03. The summed E-state index contributed by atoms with van der Waals surface area (Å²) in [7, 11) is 1.60. The van der Waals surface area contributed by atoms with Crippen molar-refractivity contribution in [2.24, 2.45) is 0 Å². The van der Waals surface area contributed by atoms with Gasteiger partial charge < -0.3 is 15.2 Å². The Labute approximate surface area is 160 Å². The Morgan fingerprint density at radius 3 is 2.65 bits per heavy atom. The maximum atomic E-state index is 12.4. The number of fused-ring (bicyclic) bond motifs is 1. The molecule has 0 radical (unpaired) electrons. The molecule has 0 aliphatic heterocycles. The van der Waals surface area contributed by atoms with Gasteiger partial charge in [0.2, 0.25) is 11.8 Å². The maximum absolute atomic E-state index is 12.4. The lowest BCUT2D eigenvalue weighted by molar-refractivity contribution is -0.132. The van der Waals surface area contributed by atoms with Gasteiger partial charge in [-0.3, -0.25) is 9.59 Å². The van der Waals surface area contributed by atoms with E-state index in [4.69, 9.17) is 23.2 Å². The van der Waals surface area contributed by atoms with Gasteiger partial charge >= 0.3 is 0 Å². The molecule has 0 saturated carbocycles. The van der Waals surface area contributed by atoms with Gasteiger partial charge in [0.1, 0.15) is 0 Å². The highest BCUT2D eigenvalue weighted by molar-refractivity contribution is 6.42. The van der Waals surface area contributed by atoms with Crippen LogP contribution in [0.2, 0.25) is 10.0 Å². The smallest absolute Gasteiger partial charge is 0.243 e. The molecule has 0 spiro atoms. The van der Waals surface area contributed by atoms with Crippen molar-refractivity contribution < 1.29 is 9.59 Å². The van der Waals surface area contributed by atoms with Gasteiger partial charge in [0.25, 0.3) is 0 Å². The number of likely N-dealkylation sites (N-methyl/N-ethyl adjacent to an activating group) is 1. The monoisotopic (exact) mass is 389 g/mol.